The first-order valence-corrected chi connectivity index (χ1v) is 14.6. The number of fused-ring (bicyclic) bond motifs is 2. The topological polar surface area (TPSA) is 57.2 Å². The lowest BCUT2D eigenvalue weighted by Gasteiger charge is -2.13. The molecule has 0 bridgehead atoms. The summed E-state index contributed by atoms with van der Waals surface area (Å²) in [5, 5.41) is 5.17. The molecule has 190 valence electrons. The van der Waals surface area contributed by atoms with E-state index in [2.05, 4.69) is 116 Å². The number of halogens is 3. The zero-order valence-electron chi connectivity index (χ0n) is 20.0. The fraction of sp³-hybridized carbons (Fsp3) is 0.103. The van der Waals surface area contributed by atoms with Crippen molar-refractivity contribution in [3.05, 3.63) is 103 Å². The van der Waals surface area contributed by atoms with E-state index in [-0.39, 0.29) is 10.9 Å². The fourth-order valence-electron chi connectivity index (χ4n) is 4.10. The Morgan fingerprint density at radius 3 is 1.73 bits per heavy atom. The predicted molar refractivity (Wildman–Crippen MR) is 146 cm³/mol. The van der Waals surface area contributed by atoms with Gasteiger partial charge < -0.3 is 4.55 Å². The van der Waals surface area contributed by atoms with Crippen LogP contribution in [0.4, 0.5) is 13.2 Å². The first-order valence-electron chi connectivity index (χ1n) is 11.2. The molecule has 8 heteroatoms. The Bertz CT molecular complexity index is 1670. The van der Waals surface area contributed by atoms with Gasteiger partial charge in [0.2, 0.25) is 0 Å². The molecular weight excluding hydrogens is 517 g/mol. The van der Waals surface area contributed by atoms with E-state index in [1.54, 1.807) is 0 Å². The van der Waals surface area contributed by atoms with Crippen LogP contribution in [-0.4, -0.2) is 31.0 Å². The van der Waals surface area contributed by atoms with E-state index in [0.29, 0.717) is 0 Å². The third-order valence-corrected chi connectivity index (χ3v) is 7.63. The maximum Gasteiger partial charge on any atom is 0.485 e. The van der Waals surface area contributed by atoms with Crippen molar-refractivity contribution in [2.24, 2.45) is 0 Å². The Morgan fingerprint density at radius 2 is 1.16 bits per heavy atom. The van der Waals surface area contributed by atoms with Crippen LogP contribution < -0.4 is 0 Å². The summed E-state index contributed by atoms with van der Waals surface area (Å²) in [5.41, 5.74) is -0.488. The molecular formula is C29H23F3O3S2. The van der Waals surface area contributed by atoms with Crippen molar-refractivity contribution in [1.29, 1.82) is 0 Å². The molecule has 0 aliphatic heterocycles. The molecule has 0 saturated heterocycles. The maximum atomic E-state index is 10.7. The smallest absolute Gasteiger partial charge is 0.485 e. The Morgan fingerprint density at radius 1 is 0.649 bits per heavy atom. The molecule has 0 spiro atoms. The summed E-state index contributed by atoms with van der Waals surface area (Å²) in [5.74, 6) is 0. The monoisotopic (exact) mass is 540 g/mol. The first kappa shape index (κ1) is 26.7. The molecule has 0 radical (unpaired) electrons. The lowest BCUT2D eigenvalue weighted by atomic mass is 9.91. The van der Waals surface area contributed by atoms with Gasteiger partial charge in [0.25, 0.3) is 0 Å². The van der Waals surface area contributed by atoms with Gasteiger partial charge in [0, 0.05) is 17.0 Å². The number of alkyl halides is 3. The van der Waals surface area contributed by atoms with Gasteiger partial charge in [-0.1, -0.05) is 84.9 Å². The summed E-state index contributed by atoms with van der Waals surface area (Å²) in [7, 11) is -5.84. The Balaban J connectivity index is 0.000000349. The van der Waals surface area contributed by atoms with Gasteiger partial charge in [-0.25, -0.2) is 8.42 Å². The normalized spacial score (nSPS) is 12.0. The predicted octanol–water partition coefficient (Wildman–Crippen LogP) is 7.62. The molecule has 5 aromatic carbocycles. The number of benzene rings is 5. The van der Waals surface area contributed by atoms with Crippen LogP contribution in [-0.2, 0) is 21.0 Å². The minimum absolute atomic E-state index is 0.246. The number of rotatable bonds is 3. The van der Waals surface area contributed by atoms with Crippen molar-refractivity contribution in [2.45, 2.75) is 10.4 Å². The first-order chi connectivity index (χ1) is 17.5. The third-order valence-electron chi connectivity index (χ3n) is 5.87. The average Bonchev–Trinajstić information content (AvgIpc) is 2.87. The molecule has 5 aromatic rings. The highest BCUT2D eigenvalue weighted by molar-refractivity contribution is 7.95. The summed E-state index contributed by atoms with van der Waals surface area (Å²) in [6.07, 6.45) is 4.56. The summed E-state index contributed by atoms with van der Waals surface area (Å²) < 4.78 is 58.9. The second-order valence-corrected chi connectivity index (χ2v) is 12.0. The lowest BCUT2D eigenvalue weighted by molar-refractivity contribution is -0.0517. The zero-order valence-corrected chi connectivity index (χ0v) is 21.6. The largest absolute Gasteiger partial charge is 0.741 e. The molecule has 37 heavy (non-hydrogen) atoms. The molecule has 0 aromatic heterocycles. The highest BCUT2D eigenvalue weighted by Gasteiger charge is 2.36. The van der Waals surface area contributed by atoms with Gasteiger partial charge >= 0.3 is 5.51 Å². The standard InChI is InChI=1S/C28H23S.CHF3O3S/c1-29(2)25-13-5-12-23(19-25)26-14-6-10-21-11-7-15-27(28(21)26)24-17-16-20-8-3-4-9-22(20)18-24;2-1(3,4)8(5,6)7/h3-19H,1-2H3;(H,5,6,7)/q+1;/p-1. The molecule has 0 fully saturated rings. The lowest BCUT2D eigenvalue weighted by Crippen LogP contribution is -2.21. The van der Waals surface area contributed by atoms with Gasteiger partial charge in [0.15, 0.2) is 15.0 Å². The Hall–Kier alpha value is -3.33. The summed E-state index contributed by atoms with van der Waals surface area (Å²) in [4.78, 5) is 1.41. The molecule has 0 saturated carbocycles. The highest BCUT2D eigenvalue weighted by Crippen LogP contribution is 2.37. The molecule has 0 atom stereocenters. The van der Waals surface area contributed by atoms with Gasteiger partial charge in [-0.2, -0.15) is 13.2 Å². The fourth-order valence-corrected chi connectivity index (χ4v) is 4.81. The van der Waals surface area contributed by atoms with Crippen molar-refractivity contribution in [3.63, 3.8) is 0 Å². The highest BCUT2D eigenvalue weighted by atomic mass is 32.2. The molecule has 0 N–H and O–H groups in total. The maximum absolute atomic E-state index is 10.7. The van der Waals surface area contributed by atoms with Gasteiger partial charge in [0.05, 0.1) is 0 Å². The molecule has 0 amide bonds. The van der Waals surface area contributed by atoms with Crippen LogP contribution in [0.25, 0.3) is 43.8 Å². The van der Waals surface area contributed by atoms with Crippen molar-refractivity contribution in [1.82, 2.24) is 0 Å². The van der Waals surface area contributed by atoms with Gasteiger partial charge in [-0.05, 0) is 55.9 Å². The molecule has 0 heterocycles. The van der Waals surface area contributed by atoms with Crippen molar-refractivity contribution in [2.75, 3.05) is 12.5 Å². The zero-order chi connectivity index (χ0) is 26.8. The van der Waals surface area contributed by atoms with E-state index in [0.717, 1.165) is 0 Å². The van der Waals surface area contributed by atoms with Crippen molar-refractivity contribution >= 4 is 42.6 Å². The second-order valence-electron chi connectivity index (χ2n) is 8.52. The molecule has 3 nitrogen and oxygen atoms in total. The van der Waals surface area contributed by atoms with Crippen molar-refractivity contribution in [3.8, 4) is 22.3 Å². The van der Waals surface area contributed by atoms with Crippen LogP contribution in [0, 0.1) is 0 Å². The molecule has 0 aliphatic carbocycles. The van der Waals surface area contributed by atoms with Crippen LogP contribution in [0.2, 0.25) is 0 Å². The van der Waals surface area contributed by atoms with E-state index >= 15 is 0 Å². The van der Waals surface area contributed by atoms with Crippen LogP contribution >= 0.6 is 0 Å². The number of hydrogen-bond donors (Lipinski definition) is 0. The van der Waals surface area contributed by atoms with E-state index < -0.39 is 15.6 Å². The Kier molecular flexibility index (Phi) is 7.64. The average molecular weight is 541 g/mol. The van der Waals surface area contributed by atoms with E-state index in [1.165, 1.54) is 48.7 Å². The van der Waals surface area contributed by atoms with Crippen LogP contribution in [0.15, 0.2) is 108 Å². The minimum atomic E-state index is -6.09. The van der Waals surface area contributed by atoms with Gasteiger partial charge in [-0.15, -0.1) is 0 Å². The molecule has 5 rings (SSSR count). The minimum Gasteiger partial charge on any atom is -0.741 e. The molecule has 0 aliphatic rings. The van der Waals surface area contributed by atoms with Gasteiger partial charge in [0.1, 0.15) is 12.5 Å². The quantitative estimate of drug-likeness (QED) is 0.134. The van der Waals surface area contributed by atoms with E-state index in [9.17, 15) is 13.2 Å². The van der Waals surface area contributed by atoms with Crippen LogP contribution in [0.1, 0.15) is 0 Å². The van der Waals surface area contributed by atoms with Crippen LogP contribution in [0.5, 0.6) is 0 Å². The van der Waals surface area contributed by atoms with Crippen LogP contribution in [0.3, 0.4) is 0 Å². The van der Waals surface area contributed by atoms with Crippen molar-refractivity contribution < 1.29 is 26.1 Å². The Labute approximate surface area is 216 Å². The summed E-state index contributed by atoms with van der Waals surface area (Å²) >= 11 is 0. The van der Waals surface area contributed by atoms with E-state index in [1.807, 2.05) is 0 Å². The molecule has 0 unspecified atom stereocenters. The van der Waals surface area contributed by atoms with E-state index in [4.69, 9.17) is 13.0 Å². The van der Waals surface area contributed by atoms with Gasteiger partial charge in [-0.3, -0.25) is 0 Å². The SMILES string of the molecule is C[S+](C)c1cccc(-c2cccc3cccc(-c4ccc5ccccc5c4)c23)c1.O=S(=O)([O-])C(F)(F)F. The number of hydrogen-bond acceptors (Lipinski definition) is 3. The third kappa shape index (κ3) is 5.98. The summed E-state index contributed by atoms with van der Waals surface area (Å²) in [6.45, 7) is 0. The summed E-state index contributed by atoms with van der Waals surface area (Å²) in [6, 6.07) is 37.7. The second kappa shape index (κ2) is 10.6.